The third-order valence-electron chi connectivity index (χ3n) is 0.390. The van der Waals surface area contributed by atoms with Crippen LogP contribution in [-0.4, -0.2) is 18.2 Å². The van der Waals surface area contributed by atoms with Crippen LogP contribution in [0.1, 0.15) is 0 Å². The van der Waals surface area contributed by atoms with Crippen molar-refractivity contribution in [1.82, 2.24) is 0 Å². The monoisotopic (exact) mass is 118 g/mol. The number of rotatable bonds is 3. The Hall–Kier alpha value is -0.180. The van der Waals surface area contributed by atoms with Crippen molar-refractivity contribution in [3.63, 3.8) is 0 Å². The van der Waals surface area contributed by atoms with Crippen molar-refractivity contribution in [2.45, 2.75) is 0 Å². The fraction of sp³-hybridized carbons (Fsp3) is 0.500. The molecule has 2 nitrogen and oxygen atoms in total. The molecule has 0 aromatic rings. The molecule has 3 heteroatoms. The minimum Gasteiger partial charge on any atom is -0.392 e. The zero-order chi connectivity index (χ0) is 5.54. The molecule has 0 amide bonds. The Morgan fingerprint density at radius 1 is 2.00 bits per heavy atom. The molecular weight excluding hydrogens is 110 g/mol. The standard InChI is InChI=1S/C4H8NOS/c1-6-5-3-4-7-2/h3H,1,4H2,2H3/b5-3+. The minimum atomic E-state index is 0.884. The summed E-state index contributed by atoms with van der Waals surface area (Å²) in [5, 5.41) is 3.40. The van der Waals surface area contributed by atoms with Crippen LogP contribution in [0.2, 0.25) is 0 Å². The molecule has 1 radical (unpaired) electrons. The fourth-order valence-electron chi connectivity index (χ4n) is 0.158. The maximum atomic E-state index is 4.15. The van der Waals surface area contributed by atoms with Gasteiger partial charge in [-0.2, -0.15) is 11.8 Å². The Bertz CT molecular complexity index is 55.7. The second kappa shape index (κ2) is 5.82. The molecule has 7 heavy (non-hydrogen) atoms. The summed E-state index contributed by atoms with van der Waals surface area (Å²) in [7, 11) is 3.05. The van der Waals surface area contributed by atoms with Gasteiger partial charge in [-0.15, -0.1) is 0 Å². The lowest BCUT2D eigenvalue weighted by Crippen LogP contribution is -1.76. The Balaban J connectivity index is 2.78. The van der Waals surface area contributed by atoms with E-state index in [9.17, 15) is 0 Å². The number of thioether (sulfide) groups is 1. The zero-order valence-corrected chi connectivity index (χ0v) is 5.07. The highest BCUT2D eigenvalue weighted by atomic mass is 32.2. The Morgan fingerprint density at radius 2 is 2.71 bits per heavy atom. The van der Waals surface area contributed by atoms with Crippen molar-refractivity contribution in [2.24, 2.45) is 5.16 Å². The predicted octanol–water partition coefficient (Wildman–Crippen LogP) is 1.14. The lowest BCUT2D eigenvalue weighted by atomic mass is 10.9. The summed E-state index contributed by atoms with van der Waals surface area (Å²) in [4.78, 5) is 4.15. The maximum absolute atomic E-state index is 4.15. The lowest BCUT2D eigenvalue weighted by Gasteiger charge is -1.81. The van der Waals surface area contributed by atoms with Crippen LogP contribution in [0.15, 0.2) is 5.16 Å². The molecule has 0 aliphatic carbocycles. The molecule has 0 saturated heterocycles. The number of oxime groups is 1. The Morgan fingerprint density at radius 3 is 3.14 bits per heavy atom. The largest absolute Gasteiger partial charge is 0.392 e. The minimum absolute atomic E-state index is 0.884. The predicted molar refractivity (Wildman–Crippen MR) is 33.3 cm³/mol. The highest BCUT2D eigenvalue weighted by Gasteiger charge is 1.69. The van der Waals surface area contributed by atoms with E-state index in [1.807, 2.05) is 6.26 Å². The van der Waals surface area contributed by atoms with Crippen LogP contribution in [-0.2, 0) is 4.84 Å². The van der Waals surface area contributed by atoms with Crippen molar-refractivity contribution in [3.8, 4) is 0 Å². The molecule has 0 spiro atoms. The second-order valence-corrected chi connectivity index (χ2v) is 1.78. The molecule has 0 aromatic carbocycles. The second-order valence-electron chi connectivity index (χ2n) is 0.872. The smallest absolute Gasteiger partial charge is 0.153 e. The molecule has 0 fully saturated rings. The third-order valence-corrected chi connectivity index (χ3v) is 0.873. The van der Waals surface area contributed by atoms with Gasteiger partial charge in [0.05, 0.1) is 6.21 Å². The van der Waals surface area contributed by atoms with Gasteiger partial charge in [0.25, 0.3) is 0 Å². The number of nitrogens with zero attached hydrogens (tertiary/aromatic N) is 1. The summed E-state index contributed by atoms with van der Waals surface area (Å²) >= 11 is 1.68. The van der Waals surface area contributed by atoms with Crippen molar-refractivity contribution in [1.29, 1.82) is 0 Å². The summed E-state index contributed by atoms with van der Waals surface area (Å²) in [6, 6.07) is 0. The summed E-state index contributed by atoms with van der Waals surface area (Å²) in [5.41, 5.74) is 0. The van der Waals surface area contributed by atoms with Crippen molar-refractivity contribution in [2.75, 3.05) is 12.0 Å². The first-order valence-corrected chi connectivity index (χ1v) is 3.23. The quantitative estimate of drug-likeness (QED) is 0.409. The van der Waals surface area contributed by atoms with E-state index in [0.717, 1.165) is 5.75 Å². The van der Waals surface area contributed by atoms with Gasteiger partial charge >= 0.3 is 0 Å². The van der Waals surface area contributed by atoms with Crippen LogP contribution in [0, 0.1) is 7.11 Å². The Kier molecular flexibility index (Phi) is 5.67. The van der Waals surface area contributed by atoms with E-state index in [1.54, 1.807) is 18.0 Å². The van der Waals surface area contributed by atoms with E-state index in [-0.39, 0.29) is 0 Å². The summed E-state index contributed by atoms with van der Waals surface area (Å²) < 4.78 is 0. The first-order chi connectivity index (χ1) is 3.41. The van der Waals surface area contributed by atoms with Crippen LogP contribution in [0.5, 0.6) is 0 Å². The van der Waals surface area contributed by atoms with E-state index in [1.165, 1.54) is 0 Å². The average Bonchev–Trinajstić information content (AvgIpc) is 1.69. The summed E-state index contributed by atoms with van der Waals surface area (Å²) in [6.07, 6.45) is 3.66. The van der Waals surface area contributed by atoms with Gasteiger partial charge in [-0.1, -0.05) is 5.16 Å². The highest BCUT2D eigenvalue weighted by Crippen LogP contribution is 1.85. The molecule has 0 bridgehead atoms. The Labute approximate surface area is 47.9 Å². The topological polar surface area (TPSA) is 21.6 Å². The summed E-state index contributed by atoms with van der Waals surface area (Å²) in [6.45, 7) is 0. The molecule has 0 aliphatic rings. The maximum Gasteiger partial charge on any atom is 0.153 e. The molecule has 0 heterocycles. The molecule has 0 unspecified atom stereocenters. The summed E-state index contributed by atoms with van der Waals surface area (Å²) in [5.74, 6) is 0.884. The first kappa shape index (κ1) is 6.82. The van der Waals surface area contributed by atoms with Crippen LogP contribution in [0.4, 0.5) is 0 Å². The van der Waals surface area contributed by atoms with Gasteiger partial charge in [-0.05, 0) is 6.26 Å². The normalized spacial score (nSPS) is 10.0. The van der Waals surface area contributed by atoms with Gasteiger partial charge in [0.2, 0.25) is 0 Å². The van der Waals surface area contributed by atoms with Gasteiger partial charge in [-0.25, -0.2) is 0 Å². The number of hydrogen-bond acceptors (Lipinski definition) is 3. The molecule has 0 N–H and O–H groups in total. The molecule has 0 atom stereocenters. The molecule has 0 saturated carbocycles. The van der Waals surface area contributed by atoms with E-state index in [0.29, 0.717) is 0 Å². The highest BCUT2D eigenvalue weighted by molar-refractivity contribution is 7.99. The zero-order valence-electron chi connectivity index (χ0n) is 4.26. The van der Waals surface area contributed by atoms with Crippen molar-refractivity contribution >= 4 is 18.0 Å². The average molecular weight is 118 g/mol. The SMILES string of the molecule is [CH2]O/N=C/CSC. The molecular formula is C4H8NOS. The lowest BCUT2D eigenvalue weighted by molar-refractivity contribution is 0.262. The van der Waals surface area contributed by atoms with Crippen LogP contribution in [0.3, 0.4) is 0 Å². The third kappa shape index (κ3) is 5.82. The van der Waals surface area contributed by atoms with Crippen molar-refractivity contribution in [3.05, 3.63) is 7.11 Å². The van der Waals surface area contributed by atoms with Crippen LogP contribution in [0.25, 0.3) is 0 Å². The molecule has 0 aliphatic heterocycles. The molecule has 0 rings (SSSR count). The van der Waals surface area contributed by atoms with E-state index >= 15 is 0 Å². The van der Waals surface area contributed by atoms with Gasteiger partial charge in [0, 0.05) is 5.75 Å². The molecule has 41 valence electrons. The van der Waals surface area contributed by atoms with Crippen LogP contribution < -0.4 is 0 Å². The van der Waals surface area contributed by atoms with Crippen molar-refractivity contribution < 1.29 is 4.84 Å². The van der Waals surface area contributed by atoms with E-state index < -0.39 is 0 Å². The van der Waals surface area contributed by atoms with Gasteiger partial charge in [0.15, 0.2) is 7.11 Å². The molecule has 0 aromatic heterocycles. The first-order valence-electron chi connectivity index (χ1n) is 1.83. The van der Waals surface area contributed by atoms with E-state index in [4.69, 9.17) is 0 Å². The van der Waals surface area contributed by atoms with Crippen LogP contribution >= 0.6 is 11.8 Å². The van der Waals surface area contributed by atoms with E-state index in [2.05, 4.69) is 17.1 Å². The number of hydrogen-bond donors (Lipinski definition) is 0. The van der Waals surface area contributed by atoms with Gasteiger partial charge < -0.3 is 4.84 Å². The van der Waals surface area contributed by atoms with Gasteiger partial charge in [0.1, 0.15) is 0 Å². The fourth-order valence-corrected chi connectivity index (χ4v) is 0.368. The van der Waals surface area contributed by atoms with Gasteiger partial charge in [-0.3, -0.25) is 0 Å².